The van der Waals surface area contributed by atoms with Crippen molar-refractivity contribution < 1.29 is 28.9 Å². The van der Waals surface area contributed by atoms with Crippen LogP contribution in [0.15, 0.2) is 30.3 Å². The van der Waals surface area contributed by atoms with Gasteiger partial charge in [-0.05, 0) is 5.56 Å². The number of rotatable bonds is 6. The van der Waals surface area contributed by atoms with Gasteiger partial charge >= 0.3 is 11.9 Å². The molecule has 0 heterocycles. The summed E-state index contributed by atoms with van der Waals surface area (Å²) in [6, 6.07) is 9.04. The van der Waals surface area contributed by atoms with E-state index in [0.29, 0.717) is 0 Å². The van der Waals surface area contributed by atoms with Gasteiger partial charge in [-0.1, -0.05) is 30.3 Å². The summed E-state index contributed by atoms with van der Waals surface area (Å²) in [5.74, 6) is -1.79. The lowest BCUT2D eigenvalue weighted by atomic mass is 10.2. The molecular weight excluding hydrogens is 252 g/mol. The van der Waals surface area contributed by atoms with Gasteiger partial charge in [0.05, 0.1) is 20.8 Å². The van der Waals surface area contributed by atoms with E-state index in [-0.39, 0.29) is 6.61 Å². The van der Waals surface area contributed by atoms with Gasteiger partial charge < -0.3 is 19.3 Å². The lowest BCUT2D eigenvalue weighted by Gasteiger charge is -2.19. The second kappa shape index (κ2) is 7.50. The van der Waals surface area contributed by atoms with Gasteiger partial charge in [-0.15, -0.1) is 0 Å². The highest BCUT2D eigenvalue weighted by atomic mass is 16.6. The highest BCUT2D eigenvalue weighted by Gasteiger charge is 2.34. The molecule has 1 aromatic rings. The zero-order valence-corrected chi connectivity index (χ0v) is 10.7. The minimum absolute atomic E-state index is 0.0641. The van der Waals surface area contributed by atoms with Crippen LogP contribution in [0, 0.1) is 0 Å². The molecule has 0 saturated heterocycles. The van der Waals surface area contributed by atoms with Gasteiger partial charge in [-0.2, -0.15) is 0 Å². The number of methoxy groups -OCH3 is 2. The van der Waals surface area contributed by atoms with Crippen LogP contribution in [0.1, 0.15) is 5.56 Å². The van der Waals surface area contributed by atoms with Gasteiger partial charge in [0.15, 0.2) is 12.2 Å². The van der Waals surface area contributed by atoms with E-state index in [9.17, 15) is 14.7 Å². The van der Waals surface area contributed by atoms with Gasteiger partial charge in [0.2, 0.25) is 0 Å². The molecular formula is C13H16O6. The molecule has 1 N–H and O–H groups in total. The molecule has 1 aromatic carbocycles. The molecule has 1 rings (SSSR count). The van der Waals surface area contributed by atoms with Crippen LogP contribution in [0.25, 0.3) is 0 Å². The normalized spacial score (nSPS) is 13.4. The highest BCUT2D eigenvalue weighted by Crippen LogP contribution is 2.09. The topological polar surface area (TPSA) is 82.1 Å². The number of carbonyl (C=O) groups is 2. The second-order valence-corrected chi connectivity index (χ2v) is 3.71. The predicted molar refractivity (Wildman–Crippen MR) is 65.1 cm³/mol. The van der Waals surface area contributed by atoms with Crippen LogP contribution in [-0.4, -0.2) is 43.5 Å². The molecule has 0 aliphatic rings. The molecule has 0 aromatic heterocycles. The largest absolute Gasteiger partial charge is 0.467 e. The second-order valence-electron chi connectivity index (χ2n) is 3.71. The Kier molecular flexibility index (Phi) is 5.98. The SMILES string of the molecule is COC(=O)[C@@H](O)[C@H](OCc1ccccc1)C(=O)OC. The molecule has 0 spiro atoms. The Balaban J connectivity index is 2.70. The maximum atomic E-state index is 11.5. The van der Waals surface area contributed by atoms with Gasteiger partial charge in [0.1, 0.15) is 0 Å². The molecule has 0 bridgehead atoms. The molecule has 0 aliphatic heterocycles. The van der Waals surface area contributed by atoms with E-state index in [4.69, 9.17) is 4.74 Å². The smallest absolute Gasteiger partial charge is 0.338 e. The lowest BCUT2D eigenvalue weighted by Crippen LogP contribution is -2.43. The molecule has 0 fully saturated rings. The summed E-state index contributed by atoms with van der Waals surface area (Å²) >= 11 is 0. The van der Waals surface area contributed by atoms with Crippen LogP contribution >= 0.6 is 0 Å². The van der Waals surface area contributed by atoms with Gasteiger partial charge in [-0.3, -0.25) is 0 Å². The summed E-state index contributed by atoms with van der Waals surface area (Å²) in [5.41, 5.74) is 0.800. The van der Waals surface area contributed by atoms with Crippen LogP contribution < -0.4 is 0 Å². The Labute approximate surface area is 110 Å². The first kappa shape index (κ1) is 15.1. The third-order valence-corrected chi connectivity index (χ3v) is 2.44. The number of aliphatic hydroxyl groups excluding tert-OH is 1. The first-order valence-electron chi connectivity index (χ1n) is 5.59. The quantitative estimate of drug-likeness (QED) is 0.746. The summed E-state index contributed by atoms with van der Waals surface area (Å²) in [7, 11) is 2.25. The van der Waals surface area contributed by atoms with E-state index in [1.807, 2.05) is 18.2 Å². The summed E-state index contributed by atoms with van der Waals surface area (Å²) in [5, 5.41) is 9.66. The van der Waals surface area contributed by atoms with E-state index < -0.39 is 24.1 Å². The first-order valence-corrected chi connectivity index (χ1v) is 5.59. The van der Waals surface area contributed by atoms with Crippen molar-refractivity contribution in [2.24, 2.45) is 0 Å². The Morgan fingerprint density at radius 2 is 1.68 bits per heavy atom. The number of benzene rings is 1. The third-order valence-electron chi connectivity index (χ3n) is 2.44. The average molecular weight is 268 g/mol. The van der Waals surface area contributed by atoms with Crippen molar-refractivity contribution in [2.45, 2.75) is 18.8 Å². The Morgan fingerprint density at radius 3 is 2.21 bits per heavy atom. The number of esters is 2. The maximum Gasteiger partial charge on any atom is 0.338 e. The van der Waals surface area contributed by atoms with Crippen molar-refractivity contribution in [1.29, 1.82) is 0 Å². The molecule has 2 atom stereocenters. The number of aliphatic hydroxyl groups is 1. The highest BCUT2D eigenvalue weighted by molar-refractivity contribution is 5.85. The molecule has 0 aliphatic carbocycles. The Hall–Kier alpha value is -1.92. The minimum atomic E-state index is -1.72. The van der Waals surface area contributed by atoms with Crippen LogP contribution in [0.4, 0.5) is 0 Å². The molecule has 0 amide bonds. The van der Waals surface area contributed by atoms with E-state index in [1.165, 1.54) is 0 Å². The van der Waals surface area contributed by atoms with Crippen molar-refractivity contribution in [2.75, 3.05) is 14.2 Å². The number of ether oxygens (including phenoxy) is 3. The summed E-state index contributed by atoms with van der Waals surface area (Å²) < 4.78 is 14.1. The Bertz CT molecular complexity index is 416. The van der Waals surface area contributed by atoms with Crippen LogP contribution in [0.2, 0.25) is 0 Å². The lowest BCUT2D eigenvalue weighted by molar-refractivity contribution is -0.176. The summed E-state index contributed by atoms with van der Waals surface area (Å²) in [4.78, 5) is 22.7. The Morgan fingerprint density at radius 1 is 1.11 bits per heavy atom. The van der Waals surface area contributed by atoms with Gasteiger partial charge in [0, 0.05) is 0 Å². The summed E-state index contributed by atoms with van der Waals surface area (Å²) in [6.07, 6.45) is -3.14. The predicted octanol–water partition coefficient (Wildman–Crippen LogP) is 0.279. The van der Waals surface area contributed by atoms with E-state index >= 15 is 0 Å². The first-order chi connectivity index (χ1) is 9.10. The fraction of sp³-hybridized carbons (Fsp3) is 0.385. The fourth-order valence-electron chi connectivity index (χ4n) is 1.41. The van der Waals surface area contributed by atoms with Crippen molar-refractivity contribution in [1.82, 2.24) is 0 Å². The molecule has 6 heteroatoms. The summed E-state index contributed by atoms with van der Waals surface area (Å²) in [6.45, 7) is 0.0641. The van der Waals surface area contributed by atoms with Crippen LogP contribution in [0.5, 0.6) is 0 Å². The zero-order valence-electron chi connectivity index (χ0n) is 10.7. The number of hydrogen-bond donors (Lipinski definition) is 1. The average Bonchev–Trinajstić information content (AvgIpc) is 2.47. The monoisotopic (exact) mass is 268 g/mol. The molecule has 0 saturated carbocycles. The van der Waals surface area contributed by atoms with Gasteiger partial charge in [0.25, 0.3) is 0 Å². The standard InChI is InChI=1S/C13H16O6/c1-17-12(15)10(14)11(13(16)18-2)19-8-9-6-4-3-5-7-9/h3-7,10-11,14H,8H2,1-2H3/t10-,11-/m0/s1. The van der Waals surface area contributed by atoms with Crippen molar-refractivity contribution >= 4 is 11.9 Å². The van der Waals surface area contributed by atoms with Gasteiger partial charge in [-0.25, -0.2) is 9.59 Å². The number of carbonyl (C=O) groups excluding carboxylic acids is 2. The van der Waals surface area contributed by atoms with E-state index in [0.717, 1.165) is 19.8 Å². The fourth-order valence-corrected chi connectivity index (χ4v) is 1.41. The van der Waals surface area contributed by atoms with E-state index in [1.54, 1.807) is 12.1 Å². The van der Waals surface area contributed by atoms with Crippen molar-refractivity contribution in [3.8, 4) is 0 Å². The van der Waals surface area contributed by atoms with E-state index in [2.05, 4.69) is 9.47 Å². The molecule has 104 valence electrons. The van der Waals surface area contributed by atoms with Crippen molar-refractivity contribution in [3.05, 3.63) is 35.9 Å². The molecule has 19 heavy (non-hydrogen) atoms. The minimum Gasteiger partial charge on any atom is -0.467 e. The molecule has 0 radical (unpaired) electrons. The van der Waals surface area contributed by atoms with Crippen LogP contribution in [-0.2, 0) is 30.4 Å². The molecule has 0 unspecified atom stereocenters. The molecule has 6 nitrogen and oxygen atoms in total. The third kappa shape index (κ3) is 4.35. The number of hydrogen-bond acceptors (Lipinski definition) is 6. The maximum absolute atomic E-state index is 11.5. The van der Waals surface area contributed by atoms with Crippen LogP contribution in [0.3, 0.4) is 0 Å². The zero-order chi connectivity index (χ0) is 14.3. The van der Waals surface area contributed by atoms with Crippen molar-refractivity contribution in [3.63, 3.8) is 0 Å².